The van der Waals surface area contributed by atoms with E-state index in [0.29, 0.717) is 11.0 Å². The van der Waals surface area contributed by atoms with Crippen LogP contribution in [0.4, 0.5) is 0 Å². The van der Waals surface area contributed by atoms with E-state index in [1.807, 2.05) is 30.3 Å². The van der Waals surface area contributed by atoms with Gasteiger partial charge >= 0.3 is 0 Å². The Labute approximate surface area is 127 Å². The zero-order chi connectivity index (χ0) is 15.5. The first-order valence-electron chi connectivity index (χ1n) is 6.75. The molecule has 22 heavy (non-hydrogen) atoms. The number of benzene rings is 2. The number of hydrogen-bond acceptors (Lipinski definition) is 4. The first-order valence-corrected chi connectivity index (χ1v) is 6.75. The molecule has 2 aromatic carbocycles. The summed E-state index contributed by atoms with van der Waals surface area (Å²) in [6.07, 6.45) is 4.57. The molecule has 3 aromatic rings. The Morgan fingerprint density at radius 2 is 2.00 bits per heavy atom. The molecule has 0 saturated carbocycles. The molecule has 0 spiro atoms. The summed E-state index contributed by atoms with van der Waals surface area (Å²) in [5, 5.41) is 10.8. The minimum atomic E-state index is -0.332. The normalized spacial score (nSPS) is 11.1. The fraction of sp³-hybridized carbons (Fsp3) is 0.0556. The third-order valence-corrected chi connectivity index (χ3v) is 3.39. The summed E-state index contributed by atoms with van der Waals surface area (Å²) >= 11 is 0. The van der Waals surface area contributed by atoms with Gasteiger partial charge in [-0.05, 0) is 17.7 Å². The van der Waals surface area contributed by atoms with Gasteiger partial charge < -0.3 is 14.3 Å². The summed E-state index contributed by atoms with van der Waals surface area (Å²) in [5.74, 6) is -0.185. The molecule has 1 aromatic heterocycles. The summed E-state index contributed by atoms with van der Waals surface area (Å²) in [6.45, 7) is 0. The van der Waals surface area contributed by atoms with Crippen molar-refractivity contribution in [2.24, 2.45) is 0 Å². The van der Waals surface area contributed by atoms with E-state index in [-0.39, 0.29) is 22.8 Å². The number of allylic oxidation sites excluding steroid dienone is 1. The van der Waals surface area contributed by atoms with Crippen LogP contribution in [0.15, 0.2) is 59.2 Å². The van der Waals surface area contributed by atoms with Crippen LogP contribution in [0.2, 0.25) is 0 Å². The first-order chi connectivity index (χ1) is 10.7. The van der Waals surface area contributed by atoms with E-state index in [9.17, 15) is 9.90 Å². The molecule has 110 valence electrons. The molecule has 3 rings (SSSR count). The molecule has 0 aliphatic rings. The van der Waals surface area contributed by atoms with Crippen LogP contribution in [0, 0.1) is 0 Å². The second-order valence-corrected chi connectivity index (χ2v) is 4.74. The Bertz CT molecular complexity index is 844. The Morgan fingerprint density at radius 3 is 2.73 bits per heavy atom. The van der Waals surface area contributed by atoms with Gasteiger partial charge in [-0.3, -0.25) is 4.79 Å². The standard InChI is InChI=1S/C18H14O4/c1-21-16-11-15-13(9-10-22-15)18(20)17(16)14(19)8-7-12-5-3-2-4-6-12/h2-11,20H,1H3/b8-7+. The van der Waals surface area contributed by atoms with Gasteiger partial charge in [0, 0.05) is 6.07 Å². The smallest absolute Gasteiger partial charge is 0.193 e. The highest BCUT2D eigenvalue weighted by Crippen LogP contribution is 2.37. The molecule has 0 radical (unpaired) electrons. The van der Waals surface area contributed by atoms with Gasteiger partial charge in [-0.25, -0.2) is 0 Å². The van der Waals surface area contributed by atoms with Crippen LogP contribution in [-0.4, -0.2) is 18.0 Å². The van der Waals surface area contributed by atoms with Crippen LogP contribution in [0.25, 0.3) is 17.0 Å². The van der Waals surface area contributed by atoms with Gasteiger partial charge in [0.2, 0.25) is 0 Å². The van der Waals surface area contributed by atoms with E-state index >= 15 is 0 Å². The van der Waals surface area contributed by atoms with Gasteiger partial charge in [0.1, 0.15) is 22.6 Å². The molecule has 0 bridgehead atoms. The average Bonchev–Trinajstić information content (AvgIpc) is 3.02. The molecular weight excluding hydrogens is 280 g/mol. The number of fused-ring (bicyclic) bond motifs is 1. The van der Waals surface area contributed by atoms with Crippen molar-refractivity contribution in [2.75, 3.05) is 7.11 Å². The van der Waals surface area contributed by atoms with Crippen LogP contribution >= 0.6 is 0 Å². The van der Waals surface area contributed by atoms with Crippen molar-refractivity contribution >= 4 is 22.8 Å². The topological polar surface area (TPSA) is 59.7 Å². The molecule has 0 saturated heterocycles. The van der Waals surface area contributed by atoms with Crippen LogP contribution in [0.3, 0.4) is 0 Å². The number of methoxy groups -OCH3 is 1. The monoisotopic (exact) mass is 294 g/mol. The molecular formula is C18H14O4. The molecule has 0 fully saturated rings. The second-order valence-electron chi connectivity index (χ2n) is 4.74. The van der Waals surface area contributed by atoms with E-state index in [1.165, 1.54) is 19.4 Å². The fourth-order valence-corrected chi connectivity index (χ4v) is 2.29. The van der Waals surface area contributed by atoms with E-state index in [1.54, 1.807) is 18.2 Å². The lowest BCUT2D eigenvalue weighted by Crippen LogP contribution is -2.00. The lowest BCUT2D eigenvalue weighted by Gasteiger charge is -2.08. The van der Waals surface area contributed by atoms with E-state index < -0.39 is 0 Å². The number of carbonyl (C=O) groups is 1. The highest BCUT2D eigenvalue weighted by Gasteiger charge is 2.19. The average molecular weight is 294 g/mol. The number of ether oxygens (including phenoxy) is 1. The highest BCUT2D eigenvalue weighted by molar-refractivity contribution is 6.13. The van der Waals surface area contributed by atoms with Crippen LogP contribution in [-0.2, 0) is 0 Å². The van der Waals surface area contributed by atoms with Gasteiger partial charge in [0.15, 0.2) is 5.78 Å². The Kier molecular flexibility index (Phi) is 3.66. The number of furan rings is 1. The number of phenols is 1. The number of ketones is 1. The lowest BCUT2D eigenvalue weighted by atomic mass is 10.0. The number of phenolic OH excluding ortho intramolecular Hbond substituents is 1. The molecule has 4 nitrogen and oxygen atoms in total. The SMILES string of the molecule is COc1cc2occc2c(O)c1C(=O)/C=C/c1ccccc1. The number of aromatic hydroxyl groups is 1. The number of carbonyl (C=O) groups excluding carboxylic acids is 1. The highest BCUT2D eigenvalue weighted by atomic mass is 16.5. The lowest BCUT2D eigenvalue weighted by molar-refractivity contribution is 0.104. The van der Waals surface area contributed by atoms with Crippen LogP contribution in [0.1, 0.15) is 15.9 Å². The Morgan fingerprint density at radius 1 is 1.23 bits per heavy atom. The van der Waals surface area contributed by atoms with Gasteiger partial charge in [-0.15, -0.1) is 0 Å². The summed E-state index contributed by atoms with van der Waals surface area (Å²) in [5.41, 5.74) is 1.50. The molecule has 0 aliphatic carbocycles. The molecule has 0 aliphatic heterocycles. The van der Waals surface area contributed by atoms with Gasteiger partial charge in [0.05, 0.1) is 18.8 Å². The van der Waals surface area contributed by atoms with Gasteiger partial charge in [0.25, 0.3) is 0 Å². The minimum Gasteiger partial charge on any atom is -0.506 e. The largest absolute Gasteiger partial charge is 0.506 e. The van der Waals surface area contributed by atoms with E-state index in [4.69, 9.17) is 9.15 Å². The summed E-state index contributed by atoms with van der Waals surface area (Å²) in [4.78, 5) is 12.4. The number of rotatable bonds is 4. The Hall–Kier alpha value is -3.01. The van der Waals surface area contributed by atoms with Crippen molar-refractivity contribution in [2.45, 2.75) is 0 Å². The zero-order valence-corrected chi connectivity index (χ0v) is 11.9. The molecule has 0 atom stereocenters. The third-order valence-electron chi connectivity index (χ3n) is 3.39. The Balaban J connectivity index is 2.03. The van der Waals surface area contributed by atoms with Crippen LogP contribution in [0.5, 0.6) is 11.5 Å². The van der Waals surface area contributed by atoms with Gasteiger partial charge in [-0.1, -0.05) is 36.4 Å². The summed E-state index contributed by atoms with van der Waals surface area (Å²) in [6, 6.07) is 12.7. The van der Waals surface area contributed by atoms with Crippen molar-refractivity contribution in [1.82, 2.24) is 0 Å². The van der Waals surface area contributed by atoms with Crippen LogP contribution < -0.4 is 4.74 Å². The van der Waals surface area contributed by atoms with Crippen molar-refractivity contribution in [3.05, 3.63) is 65.9 Å². The third kappa shape index (κ3) is 2.46. The summed E-state index contributed by atoms with van der Waals surface area (Å²) in [7, 11) is 1.45. The van der Waals surface area contributed by atoms with Crippen molar-refractivity contribution in [3.63, 3.8) is 0 Å². The minimum absolute atomic E-state index is 0.128. The predicted molar refractivity (Wildman–Crippen MR) is 84.2 cm³/mol. The maximum Gasteiger partial charge on any atom is 0.193 e. The van der Waals surface area contributed by atoms with E-state index in [0.717, 1.165) is 5.56 Å². The van der Waals surface area contributed by atoms with Crippen molar-refractivity contribution in [1.29, 1.82) is 0 Å². The molecule has 0 amide bonds. The van der Waals surface area contributed by atoms with E-state index in [2.05, 4.69) is 0 Å². The fourth-order valence-electron chi connectivity index (χ4n) is 2.29. The molecule has 1 heterocycles. The van der Waals surface area contributed by atoms with Crippen molar-refractivity contribution < 1.29 is 19.1 Å². The molecule has 0 unspecified atom stereocenters. The molecule has 4 heteroatoms. The number of hydrogen-bond donors (Lipinski definition) is 1. The first kappa shape index (κ1) is 13.9. The quantitative estimate of drug-likeness (QED) is 0.582. The molecule has 1 N–H and O–H groups in total. The summed E-state index contributed by atoms with van der Waals surface area (Å²) < 4.78 is 10.4. The maximum absolute atomic E-state index is 12.4. The second kappa shape index (κ2) is 5.77. The van der Waals surface area contributed by atoms with Crippen molar-refractivity contribution in [3.8, 4) is 11.5 Å². The maximum atomic E-state index is 12.4. The predicted octanol–water partition coefficient (Wildman–Crippen LogP) is 4.04. The zero-order valence-electron chi connectivity index (χ0n) is 11.9. The van der Waals surface area contributed by atoms with Gasteiger partial charge in [-0.2, -0.15) is 0 Å².